The molecule has 5 nitrogen and oxygen atoms in total. The first kappa shape index (κ1) is 17.4. The molecule has 1 aliphatic heterocycles. The first-order valence-corrected chi connectivity index (χ1v) is 8.50. The van der Waals surface area contributed by atoms with Crippen molar-refractivity contribution in [1.82, 2.24) is 4.90 Å². The molecule has 5 heteroatoms. The molecule has 1 aromatic rings. The molecule has 0 amide bonds. The lowest BCUT2D eigenvalue weighted by atomic mass is 9.55. The van der Waals surface area contributed by atoms with Crippen molar-refractivity contribution in [3.8, 4) is 5.75 Å². The Hall–Kier alpha value is -1.40. The van der Waals surface area contributed by atoms with Crippen LogP contribution in [-0.2, 0) is 5.41 Å². The lowest BCUT2D eigenvalue weighted by molar-refractivity contribution is -0.177. The Morgan fingerprint density at radius 3 is 2.79 bits per heavy atom. The summed E-state index contributed by atoms with van der Waals surface area (Å²) in [5.41, 5.74) is -0.717. The van der Waals surface area contributed by atoms with Crippen molar-refractivity contribution >= 4 is 0 Å². The highest BCUT2D eigenvalue weighted by molar-refractivity contribution is 5.39. The van der Waals surface area contributed by atoms with Gasteiger partial charge in [0.05, 0.1) is 24.9 Å². The third-order valence-electron chi connectivity index (χ3n) is 5.79. The summed E-state index contributed by atoms with van der Waals surface area (Å²) in [5.74, 6) is 0.735. The molecule has 1 aliphatic carbocycles. The molecule has 0 aromatic heterocycles. The number of methoxy groups -OCH3 is 1. The summed E-state index contributed by atoms with van der Waals surface area (Å²) in [5, 5.41) is 32.1. The smallest absolute Gasteiger partial charge is 0.119 e. The predicted octanol–water partition coefficient (Wildman–Crippen LogP) is 1.07. The van der Waals surface area contributed by atoms with Crippen LogP contribution in [0.1, 0.15) is 24.8 Å². The second kappa shape index (κ2) is 6.48. The standard InChI is InChI=1S/C19H27NO4/c1-3-8-20-9-7-18(14-5-4-6-15(10-14)24-2)11-16(21)17(22)12-19(18,23)13-20/h3-6,10,16-17,21-23H,1,7-9,11-13H2,2H3/t16?,17?,18-,19-/m1/s1. The van der Waals surface area contributed by atoms with E-state index in [1.165, 1.54) is 0 Å². The quantitative estimate of drug-likeness (QED) is 0.719. The summed E-state index contributed by atoms with van der Waals surface area (Å²) < 4.78 is 5.35. The SMILES string of the molecule is C=CCN1CC[C@]2(c3cccc(OC)c3)CC(O)C(O)C[C@@]2(O)C1. The molecule has 24 heavy (non-hydrogen) atoms. The van der Waals surface area contributed by atoms with Crippen LogP contribution in [-0.4, -0.2) is 64.8 Å². The van der Waals surface area contributed by atoms with Gasteiger partial charge in [0.15, 0.2) is 0 Å². The fourth-order valence-corrected chi connectivity index (χ4v) is 4.50. The van der Waals surface area contributed by atoms with Crippen LogP contribution in [0.2, 0.25) is 0 Å². The lowest BCUT2D eigenvalue weighted by Gasteiger charge is -2.58. The van der Waals surface area contributed by atoms with E-state index in [4.69, 9.17) is 4.74 Å². The second-order valence-electron chi connectivity index (χ2n) is 7.16. The highest BCUT2D eigenvalue weighted by atomic mass is 16.5. The number of β-amino-alcohol motifs (C(OH)–C–C–N with tert-alkyl or cyclic N) is 1. The van der Waals surface area contributed by atoms with Gasteiger partial charge in [-0.05, 0) is 37.1 Å². The van der Waals surface area contributed by atoms with Gasteiger partial charge in [-0.2, -0.15) is 0 Å². The molecule has 132 valence electrons. The molecule has 2 aliphatic rings. The number of nitrogens with zero attached hydrogens (tertiary/aromatic N) is 1. The fraction of sp³-hybridized carbons (Fsp3) is 0.579. The molecule has 1 saturated carbocycles. The minimum atomic E-state index is -1.10. The number of benzene rings is 1. The van der Waals surface area contributed by atoms with Gasteiger partial charge in [-0.3, -0.25) is 4.90 Å². The maximum atomic E-state index is 11.6. The van der Waals surface area contributed by atoms with Gasteiger partial charge in [0.1, 0.15) is 5.75 Å². The predicted molar refractivity (Wildman–Crippen MR) is 92.1 cm³/mol. The molecular weight excluding hydrogens is 306 g/mol. The van der Waals surface area contributed by atoms with Crippen LogP contribution in [0.15, 0.2) is 36.9 Å². The van der Waals surface area contributed by atoms with Crippen molar-refractivity contribution in [2.45, 2.75) is 42.5 Å². The van der Waals surface area contributed by atoms with E-state index in [1.54, 1.807) is 7.11 Å². The van der Waals surface area contributed by atoms with Gasteiger partial charge in [0.25, 0.3) is 0 Å². The van der Waals surface area contributed by atoms with Crippen LogP contribution >= 0.6 is 0 Å². The highest BCUT2D eigenvalue weighted by Crippen LogP contribution is 2.52. The van der Waals surface area contributed by atoms with Crippen molar-refractivity contribution in [3.63, 3.8) is 0 Å². The molecule has 2 fully saturated rings. The van der Waals surface area contributed by atoms with Crippen molar-refractivity contribution in [3.05, 3.63) is 42.5 Å². The number of aliphatic hydroxyl groups excluding tert-OH is 2. The van der Waals surface area contributed by atoms with Crippen LogP contribution in [0.3, 0.4) is 0 Å². The summed E-state index contributed by atoms with van der Waals surface area (Å²) in [6.45, 7) is 5.75. The maximum absolute atomic E-state index is 11.6. The van der Waals surface area contributed by atoms with E-state index in [1.807, 2.05) is 30.3 Å². The molecule has 1 aromatic carbocycles. The van der Waals surface area contributed by atoms with E-state index >= 15 is 0 Å². The van der Waals surface area contributed by atoms with E-state index in [0.29, 0.717) is 25.9 Å². The molecular formula is C19H27NO4. The Morgan fingerprint density at radius 1 is 1.33 bits per heavy atom. The Kier molecular flexibility index (Phi) is 4.71. The van der Waals surface area contributed by atoms with Crippen molar-refractivity contribution in [2.24, 2.45) is 0 Å². The topological polar surface area (TPSA) is 73.2 Å². The molecule has 2 unspecified atom stereocenters. The first-order valence-electron chi connectivity index (χ1n) is 8.50. The largest absolute Gasteiger partial charge is 0.497 e. The minimum absolute atomic E-state index is 0.166. The molecule has 3 N–H and O–H groups in total. The zero-order chi connectivity index (χ0) is 17.4. The van der Waals surface area contributed by atoms with Gasteiger partial charge in [0.2, 0.25) is 0 Å². The number of ether oxygens (including phenoxy) is 1. The van der Waals surface area contributed by atoms with Crippen LogP contribution < -0.4 is 4.74 Å². The normalized spacial score (nSPS) is 36.8. The van der Waals surface area contributed by atoms with Gasteiger partial charge in [0, 0.05) is 24.9 Å². The number of piperidine rings is 1. The van der Waals surface area contributed by atoms with Gasteiger partial charge in [-0.1, -0.05) is 18.2 Å². The minimum Gasteiger partial charge on any atom is -0.497 e. The molecule has 3 rings (SSSR count). The van der Waals surface area contributed by atoms with Crippen LogP contribution in [0, 0.1) is 0 Å². The Balaban J connectivity index is 2.04. The number of likely N-dealkylation sites (tertiary alicyclic amines) is 1. The van der Waals surface area contributed by atoms with Gasteiger partial charge in [-0.15, -0.1) is 6.58 Å². The lowest BCUT2D eigenvalue weighted by Crippen LogP contribution is -2.68. The van der Waals surface area contributed by atoms with Crippen LogP contribution in [0.25, 0.3) is 0 Å². The molecule has 0 bridgehead atoms. The van der Waals surface area contributed by atoms with Crippen molar-refractivity contribution in [2.75, 3.05) is 26.7 Å². The Morgan fingerprint density at radius 2 is 2.08 bits per heavy atom. The number of fused-ring (bicyclic) bond motifs is 1. The van der Waals surface area contributed by atoms with E-state index in [9.17, 15) is 15.3 Å². The second-order valence-corrected chi connectivity index (χ2v) is 7.16. The summed E-state index contributed by atoms with van der Waals surface area (Å²) >= 11 is 0. The van der Waals surface area contributed by atoms with E-state index in [-0.39, 0.29) is 6.42 Å². The van der Waals surface area contributed by atoms with Crippen LogP contribution in [0.4, 0.5) is 0 Å². The van der Waals surface area contributed by atoms with Crippen molar-refractivity contribution in [1.29, 1.82) is 0 Å². The van der Waals surface area contributed by atoms with Gasteiger partial charge in [-0.25, -0.2) is 0 Å². The van der Waals surface area contributed by atoms with E-state index < -0.39 is 23.2 Å². The maximum Gasteiger partial charge on any atom is 0.119 e. The van der Waals surface area contributed by atoms with Crippen LogP contribution in [0.5, 0.6) is 5.75 Å². The Labute approximate surface area is 143 Å². The Bertz CT molecular complexity index is 607. The third kappa shape index (κ3) is 2.75. The zero-order valence-electron chi connectivity index (χ0n) is 14.2. The number of rotatable bonds is 4. The van der Waals surface area contributed by atoms with E-state index in [2.05, 4.69) is 11.5 Å². The average Bonchev–Trinajstić information content (AvgIpc) is 2.56. The molecule has 1 heterocycles. The number of hydrogen-bond acceptors (Lipinski definition) is 5. The summed E-state index contributed by atoms with van der Waals surface area (Å²) in [4.78, 5) is 2.15. The highest BCUT2D eigenvalue weighted by Gasteiger charge is 2.59. The molecule has 0 spiro atoms. The zero-order valence-corrected chi connectivity index (χ0v) is 14.2. The van der Waals surface area contributed by atoms with Crippen molar-refractivity contribution < 1.29 is 20.1 Å². The molecule has 1 saturated heterocycles. The summed E-state index contributed by atoms with van der Waals surface area (Å²) in [7, 11) is 1.62. The average molecular weight is 333 g/mol. The van der Waals surface area contributed by atoms with Gasteiger partial charge < -0.3 is 20.1 Å². The fourth-order valence-electron chi connectivity index (χ4n) is 4.50. The van der Waals surface area contributed by atoms with E-state index in [0.717, 1.165) is 17.9 Å². The summed E-state index contributed by atoms with van der Waals surface area (Å²) in [6.07, 6.45) is 1.32. The monoisotopic (exact) mass is 333 g/mol. The van der Waals surface area contributed by atoms with Gasteiger partial charge >= 0.3 is 0 Å². The first-order chi connectivity index (χ1) is 11.4. The third-order valence-corrected chi connectivity index (χ3v) is 5.79. The molecule has 4 atom stereocenters. The number of hydrogen-bond donors (Lipinski definition) is 3. The number of aliphatic hydroxyl groups is 3. The summed E-state index contributed by atoms with van der Waals surface area (Å²) in [6, 6.07) is 7.72. The molecule has 0 radical (unpaired) electrons.